The minimum Gasteiger partial charge on any atom is -0.356 e. The molecule has 1 amide bonds. The van der Waals surface area contributed by atoms with E-state index in [1.807, 2.05) is 35.3 Å². The number of nitrogens with one attached hydrogen (secondary N) is 1. The number of carbonyl (C=O) groups excluding carboxylic acids is 1. The van der Waals surface area contributed by atoms with Gasteiger partial charge in [0.15, 0.2) is 0 Å². The molecule has 0 radical (unpaired) electrons. The van der Waals surface area contributed by atoms with Crippen molar-refractivity contribution in [3.05, 3.63) is 41.1 Å². The van der Waals surface area contributed by atoms with Gasteiger partial charge in [0, 0.05) is 29.8 Å². The summed E-state index contributed by atoms with van der Waals surface area (Å²) >= 11 is 0. The topological polar surface area (TPSA) is 86.3 Å². The number of hydrogen-bond acceptors (Lipinski definition) is 5. The van der Waals surface area contributed by atoms with Crippen LogP contribution >= 0.6 is 0 Å². The molecule has 0 bridgehead atoms. The second kappa shape index (κ2) is 7.28. The minimum atomic E-state index is -0.0268. The maximum absolute atomic E-state index is 13.5. The summed E-state index contributed by atoms with van der Waals surface area (Å²) < 4.78 is 1.88. The van der Waals surface area contributed by atoms with E-state index in [0.717, 1.165) is 49.2 Å². The lowest BCUT2D eigenvalue weighted by Crippen LogP contribution is -2.38. The lowest BCUT2D eigenvalue weighted by molar-refractivity contribution is 0.0925. The van der Waals surface area contributed by atoms with Gasteiger partial charge in [-0.25, -0.2) is 0 Å². The highest BCUT2D eigenvalue weighted by atomic mass is 16.2. The molecule has 1 unspecified atom stereocenters. The Morgan fingerprint density at radius 1 is 1.27 bits per heavy atom. The number of aromatic nitrogens is 2. The van der Waals surface area contributed by atoms with Gasteiger partial charge in [-0.1, -0.05) is 12.1 Å². The highest BCUT2D eigenvalue weighted by molar-refractivity contribution is 5.96. The molecule has 2 aliphatic heterocycles. The zero-order valence-corrected chi connectivity index (χ0v) is 17.4. The fourth-order valence-electron chi connectivity index (χ4n) is 4.62. The van der Waals surface area contributed by atoms with Gasteiger partial charge in [-0.15, -0.1) is 0 Å². The Morgan fingerprint density at radius 2 is 2.03 bits per heavy atom. The normalized spacial score (nSPS) is 22.4. The summed E-state index contributed by atoms with van der Waals surface area (Å²) in [5, 5.41) is 17.3. The number of aliphatic imine (C=N–C) groups is 1. The van der Waals surface area contributed by atoms with Crippen molar-refractivity contribution in [1.29, 1.82) is 5.26 Å². The van der Waals surface area contributed by atoms with Crippen molar-refractivity contribution in [3.63, 3.8) is 0 Å². The maximum Gasteiger partial charge on any atom is 0.270 e. The SMILES string of the molecule is CC(C)n1nc(-c2ccc(C#N)cc2)c(C2CC2)c1C(=O)N[C@@H]1CC2CN=CN2C1. The number of hydrogen-bond donors (Lipinski definition) is 1. The van der Waals surface area contributed by atoms with Crippen LogP contribution in [0.1, 0.15) is 66.7 Å². The molecule has 7 nitrogen and oxygen atoms in total. The molecule has 30 heavy (non-hydrogen) atoms. The van der Waals surface area contributed by atoms with E-state index >= 15 is 0 Å². The standard InChI is InChI=1S/C23H26N6O/c1-14(2)29-22(23(30)26-18-9-19-11-25-13-28(19)12-18)20(16-7-8-16)21(27-29)17-5-3-15(10-24)4-6-17/h3-6,13-14,16,18-19H,7-9,11-12H2,1-2H3,(H,26,30)/t18-,19?/m1/s1. The van der Waals surface area contributed by atoms with Gasteiger partial charge in [-0.2, -0.15) is 10.4 Å². The predicted molar refractivity (Wildman–Crippen MR) is 114 cm³/mol. The van der Waals surface area contributed by atoms with Gasteiger partial charge in [-0.05, 0) is 51.2 Å². The molecule has 5 rings (SSSR count). The quantitative estimate of drug-likeness (QED) is 0.833. The molecule has 1 saturated carbocycles. The molecular formula is C23H26N6O. The molecule has 2 fully saturated rings. The summed E-state index contributed by atoms with van der Waals surface area (Å²) in [7, 11) is 0. The molecular weight excluding hydrogens is 376 g/mol. The molecule has 1 aliphatic carbocycles. The second-order valence-corrected chi connectivity index (χ2v) is 8.85. The van der Waals surface area contributed by atoms with Crippen LogP contribution in [0.4, 0.5) is 0 Å². The van der Waals surface area contributed by atoms with E-state index in [1.165, 1.54) is 0 Å². The Kier molecular flexibility index (Phi) is 4.58. The Hall–Kier alpha value is -3.14. The van der Waals surface area contributed by atoms with Crippen LogP contribution in [0.25, 0.3) is 11.3 Å². The molecule has 1 aromatic carbocycles. The van der Waals surface area contributed by atoms with E-state index in [1.54, 1.807) is 0 Å². The van der Waals surface area contributed by atoms with Crippen LogP contribution in [0.5, 0.6) is 0 Å². The molecule has 3 heterocycles. The van der Waals surface area contributed by atoms with E-state index in [9.17, 15) is 4.79 Å². The fourth-order valence-corrected chi connectivity index (χ4v) is 4.62. The van der Waals surface area contributed by atoms with Crippen molar-refractivity contribution in [2.24, 2.45) is 4.99 Å². The van der Waals surface area contributed by atoms with E-state index in [2.05, 4.69) is 35.1 Å². The number of benzene rings is 1. The lowest BCUT2D eigenvalue weighted by Gasteiger charge is -2.16. The van der Waals surface area contributed by atoms with Crippen molar-refractivity contribution >= 4 is 12.2 Å². The molecule has 0 spiro atoms. The number of amides is 1. The van der Waals surface area contributed by atoms with E-state index < -0.39 is 0 Å². The first-order valence-corrected chi connectivity index (χ1v) is 10.7. The average Bonchev–Trinajstić information content (AvgIpc) is 3.17. The van der Waals surface area contributed by atoms with Gasteiger partial charge in [0.1, 0.15) is 5.69 Å². The van der Waals surface area contributed by atoms with Gasteiger partial charge in [0.05, 0.1) is 36.3 Å². The van der Waals surface area contributed by atoms with Gasteiger partial charge in [-0.3, -0.25) is 14.5 Å². The van der Waals surface area contributed by atoms with Crippen LogP contribution in [0.15, 0.2) is 29.3 Å². The van der Waals surface area contributed by atoms with Gasteiger partial charge < -0.3 is 10.2 Å². The fraction of sp³-hybridized carbons (Fsp3) is 0.478. The van der Waals surface area contributed by atoms with Gasteiger partial charge in [0.25, 0.3) is 5.91 Å². The highest BCUT2D eigenvalue weighted by Crippen LogP contribution is 2.46. The van der Waals surface area contributed by atoms with E-state index in [-0.39, 0.29) is 18.0 Å². The molecule has 1 saturated heterocycles. The van der Waals surface area contributed by atoms with Crippen molar-refractivity contribution < 1.29 is 4.79 Å². The molecule has 2 atom stereocenters. The summed E-state index contributed by atoms with van der Waals surface area (Å²) in [5.74, 6) is 0.351. The average molecular weight is 403 g/mol. The molecule has 7 heteroatoms. The van der Waals surface area contributed by atoms with Crippen molar-refractivity contribution in [2.45, 2.75) is 57.2 Å². The van der Waals surface area contributed by atoms with Crippen LogP contribution in [0.3, 0.4) is 0 Å². The summed E-state index contributed by atoms with van der Waals surface area (Å²) in [4.78, 5) is 20.0. The number of carbonyl (C=O) groups is 1. The third kappa shape index (κ3) is 3.26. The molecule has 2 aromatic rings. The summed E-state index contributed by atoms with van der Waals surface area (Å²) in [6.45, 7) is 5.76. The van der Waals surface area contributed by atoms with Crippen molar-refractivity contribution in [3.8, 4) is 17.3 Å². The number of nitrogens with zero attached hydrogens (tertiary/aromatic N) is 5. The first-order chi connectivity index (χ1) is 14.5. The number of fused-ring (bicyclic) bond motifs is 1. The Labute approximate surface area is 176 Å². The largest absolute Gasteiger partial charge is 0.356 e. The van der Waals surface area contributed by atoms with Crippen LogP contribution < -0.4 is 5.32 Å². The Morgan fingerprint density at radius 3 is 2.67 bits per heavy atom. The zero-order valence-electron chi connectivity index (χ0n) is 17.4. The van der Waals surface area contributed by atoms with Crippen molar-refractivity contribution in [2.75, 3.05) is 13.1 Å². The summed E-state index contributed by atoms with van der Waals surface area (Å²) in [6.07, 6.45) is 5.02. The van der Waals surface area contributed by atoms with E-state index in [4.69, 9.17) is 10.4 Å². The lowest BCUT2D eigenvalue weighted by atomic mass is 10.0. The van der Waals surface area contributed by atoms with Crippen LogP contribution in [-0.4, -0.2) is 52.1 Å². The highest BCUT2D eigenvalue weighted by Gasteiger charge is 2.38. The maximum atomic E-state index is 13.5. The third-order valence-electron chi connectivity index (χ3n) is 6.26. The number of rotatable bonds is 5. The molecule has 154 valence electrons. The number of nitriles is 1. The Bertz CT molecular complexity index is 1040. The smallest absolute Gasteiger partial charge is 0.270 e. The Balaban J connectivity index is 1.50. The summed E-state index contributed by atoms with van der Waals surface area (Å²) in [5.41, 5.74) is 4.22. The molecule has 1 N–H and O–H groups in total. The first-order valence-electron chi connectivity index (χ1n) is 10.7. The van der Waals surface area contributed by atoms with E-state index in [0.29, 0.717) is 23.2 Å². The molecule has 1 aromatic heterocycles. The van der Waals surface area contributed by atoms with Crippen LogP contribution in [-0.2, 0) is 0 Å². The molecule has 3 aliphatic rings. The zero-order chi connectivity index (χ0) is 20.8. The predicted octanol–water partition coefficient (Wildman–Crippen LogP) is 3.09. The van der Waals surface area contributed by atoms with Gasteiger partial charge in [0.2, 0.25) is 0 Å². The first kappa shape index (κ1) is 18.9. The van der Waals surface area contributed by atoms with Crippen molar-refractivity contribution in [1.82, 2.24) is 20.0 Å². The van der Waals surface area contributed by atoms with Crippen LogP contribution in [0.2, 0.25) is 0 Å². The minimum absolute atomic E-state index is 0.0268. The van der Waals surface area contributed by atoms with Crippen LogP contribution in [0, 0.1) is 11.3 Å². The monoisotopic (exact) mass is 402 g/mol. The second-order valence-electron chi connectivity index (χ2n) is 8.85. The third-order valence-corrected chi connectivity index (χ3v) is 6.26. The summed E-state index contributed by atoms with van der Waals surface area (Å²) in [6, 6.07) is 10.3. The van der Waals surface area contributed by atoms with Gasteiger partial charge >= 0.3 is 0 Å².